The lowest BCUT2D eigenvalue weighted by Crippen LogP contribution is -2.45. The van der Waals surface area contributed by atoms with Gasteiger partial charge in [-0.2, -0.15) is 0 Å². The minimum absolute atomic E-state index is 0.0333. The zero-order chi connectivity index (χ0) is 38.0. The molecule has 0 saturated heterocycles. The Bertz CT molecular complexity index is 813. The molecule has 0 aliphatic heterocycles. The summed E-state index contributed by atoms with van der Waals surface area (Å²) in [6.45, 7) is 4.80. The molecule has 0 aromatic carbocycles. The van der Waals surface area contributed by atoms with E-state index in [9.17, 15) is 19.8 Å². The van der Waals surface area contributed by atoms with Crippen molar-refractivity contribution in [3.63, 3.8) is 0 Å². The van der Waals surface area contributed by atoms with E-state index in [0.717, 1.165) is 83.5 Å². The van der Waals surface area contributed by atoms with Crippen LogP contribution in [0.1, 0.15) is 232 Å². The van der Waals surface area contributed by atoms with Gasteiger partial charge in [0.25, 0.3) is 0 Å². The Kier molecular flexibility index (Phi) is 40.7. The van der Waals surface area contributed by atoms with E-state index in [-0.39, 0.29) is 18.5 Å². The van der Waals surface area contributed by atoms with Crippen LogP contribution in [0.2, 0.25) is 0 Å². The van der Waals surface area contributed by atoms with Gasteiger partial charge in [0.1, 0.15) is 0 Å². The van der Waals surface area contributed by atoms with Gasteiger partial charge in [0.2, 0.25) is 5.91 Å². The van der Waals surface area contributed by atoms with Crippen LogP contribution in [0.15, 0.2) is 24.3 Å². The zero-order valence-corrected chi connectivity index (χ0v) is 34.5. The molecule has 52 heavy (non-hydrogen) atoms. The molecule has 0 saturated carbocycles. The molecule has 3 N–H and O–H groups in total. The maximum Gasteiger partial charge on any atom is 0.305 e. The van der Waals surface area contributed by atoms with Crippen LogP contribution in [-0.2, 0) is 14.3 Å². The van der Waals surface area contributed by atoms with Gasteiger partial charge in [0.15, 0.2) is 0 Å². The summed E-state index contributed by atoms with van der Waals surface area (Å²) in [4.78, 5) is 24.3. The number of rotatable bonds is 41. The second-order valence-corrected chi connectivity index (χ2v) is 15.4. The Morgan fingerprint density at radius 3 is 1.37 bits per heavy atom. The predicted molar refractivity (Wildman–Crippen MR) is 223 cm³/mol. The van der Waals surface area contributed by atoms with Crippen LogP contribution in [0.25, 0.3) is 0 Å². The first-order valence-electron chi connectivity index (χ1n) is 22.6. The van der Waals surface area contributed by atoms with E-state index in [1.54, 1.807) is 6.08 Å². The molecular weight excluding hydrogens is 647 g/mol. The number of ether oxygens (including phenoxy) is 1. The summed E-state index contributed by atoms with van der Waals surface area (Å²) in [5.41, 5.74) is 0. The molecule has 0 radical (unpaired) electrons. The summed E-state index contributed by atoms with van der Waals surface area (Å²) in [5.74, 6) is -0.132. The SMILES string of the molecule is CCCCCCCCCCCC/C=C/C(O)C(CO)NC(=O)CCCCCCC/C=C\CCCCOC(=O)CCCCCCCCCCCCCC. The Hall–Kier alpha value is -1.66. The average molecular weight is 734 g/mol. The first kappa shape index (κ1) is 50.3. The van der Waals surface area contributed by atoms with Crippen LogP contribution in [0.3, 0.4) is 0 Å². The zero-order valence-electron chi connectivity index (χ0n) is 34.5. The van der Waals surface area contributed by atoms with Crippen molar-refractivity contribution < 1.29 is 24.5 Å². The maximum atomic E-state index is 12.4. The third-order valence-corrected chi connectivity index (χ3v) is 10.2. The number of aliphatic hydroxyl groups excluding tert-OH is 2. The molecule has 6 nitrogen and oxygen atoms in total. The first-order chi connectivity index (χ1) is 25.5. The highest BCUT2D eigenvalue weighted by Crippen LogP contribution is 2.14. The van der Waals surface area contributed by atoms with Crippen molar-refractivity contribution >= 4 is 11.9 Å². The number of esters is 1. The normalized spacial score (nSPS) is 12.9. The van der Waals surface area contributed by atoms with Crippen molar-refractivity contribution in [3.8, 4) is 0 Å². The number of amides is 1. The summed E-state index contributed by atoms with van der Waals surface area (Å²) in [6.07, 6.45) is 47.3. The van der Waals surface area contributed by atoms with Crippen LogP contribution in [0, 0.1) is 0 Å². The van der Waals surface area contributed by atoms with Crippen LogP contribution in [-0.4, -0.2) is 47.4 Å². The third kappa shape index (κ3) is 38.1. The molecule has 0 spiro atoms. The number of hydrogen-bond donors (Lipinski definition) is 3. The van der Waals surface area contributed by atoms with E-state index in [1.807, 2.05) is 6.08 Å². The van der Waals surface area contributed by atoms with Crippen molar-refractivity contribution in [1.82, 2.24) is 5.32 Å². The van der Waals surface area contributed by atoms with Gasteiger partial charge in [-0.05, 0) is 57.8 Å². The van der Waals surface area contributed by atoms with Crippen molar-refractivity contribution in [1.29, 1.82) is 0 Å². The van der Waals surface area contributed by atoms with E-state index >= 15 is 0 Å². The minimum Gasteiger partial charge on any atom is -0.466 e. The standard InChI is InChI=1S/C46H87NO5/c1-3-5-7-9-11-13-15-18-22-26-30-34-38-44(49)43(42-48)47-45(50)39-35-31-27-23-19-17-21-25-29-33-37-41-52-46(51)40-36-32-28-24-20-16-14-12-10-8-6-4-2/h21,25,34,38,43-44,48-49H,3-20,22-24,26-33,35-37,39-42H2,1-2H3,(H,47,50)/b25-21-,38-34+. The van der Waals surface area contributed by atoms with E-state index in [0.29, 0.717) is 19.4 Å². The second kappa shape index (κ2) is 42.1. The molecule has 6 heteroatoms. The van der Waals surface area contributed by atoms with Crippen LogP contribution in [0.5, 0.6) is 0 Å². The van der Waals surface area contributed by atoms with Gasteiger partial charge in [-0.1, -0.05) is 186 Å². The Labute approximate surface area is 322 Å². The fourth-order valence-electron chi connectivity index (χ4n) is 6.68. The highest BCUT2D eigenvalue weighted by molar-refractivity contribution is 5.76. The Balaban J connectivity index is 3.57. The van der Waals surface area contributed by atoms with Crippen molar-refractivity contribution in [2.45, 2.75) is 244 Å². The van der Waals surface area contributed by atoms with E-state index in [1.165, 1.54) is 122 Å². The molecule has 0 aliphatic carbocycles. The monoisotopic (exact) mass is 734 g/mol. The summed E-state index contributed by atoms with van der Waals surface area (Å²) in [5, 5.41) is 22.9. The molecule has 0 aromatic rings. The fraction of sp³-hybridized carbons (Fsp3) is 0.870. The lowest BCUT2D eigenvalue weighted by molar-refractivity contribution is -0.143. The molecule has 0 bridgehead atoms. The van der Waals surface area contributed by atoms with Crippen LogP contribution >= 0.6 is 0 Å². The van der Waals surface area contributed by atoms with Crippen LogP contribution in [0.4, 0.5) is 0 Å². The largest absolute Gasteiger partial charge is 0.466 e. The van der Waals surface area contributed by atoms with Gasteiger partial charge in [-0.25, -0.2) is 0 Å². The van der Waals surface area contributed by atoms with Crippen molar-refractivity contribution in [2.24, 2.45) is 0 Å². The second-order valence-electron chi connectivity index (χ2n) is 15.4. The topological polar surface area (TPSA) is 95.9 Å². The molecule has 2 unspecified atom stereocenters. The molecule has 1 amide bonds. The highest BCUT2D eigenvalue weighted by Gasteiger charge is 2.18. The fourth-order valence-corrected chi connectivity index (χ4v) is 6.68. The minimum atomic E-state index is -0.860. The number of aliphatic hydroxyl groups is 2. The number of nitrogens with one attached hydrogen (secondary N) is 1. The molecule has 0 aliphatic rings. The predicted octanol–water partition coefficient (Wildman–Crippen LogP) is 12.8. The summed E-state index contributed by atoms with van der Waals surface area (Å²) in [7, 11) is 0. The van der Waals surface area contributed by atoms with Gasteiger partial charge >= 0.3 is 5.97 Å². The number of hydrogen-bond acceptors (Lipinski definition) is 5. The van der Waals surface area contributed by atoms with Crippen molar-refractivity contribution in [3.05, 3.63) is 24.3 Å². The first-order valence-corrected chi connectivity index (χ1v) is 22.6. The maximum absolute atomic E-state index is 12.4. The molecule has 0 heterocycles. The van der Waals surface area contributed by atoms with E-state index in [4.69, 9.17) is 4.74 Å². The number of carbonyl (C=O) groups excluding carboxylic acids is 2. The molecule has 2 atom stereocenters. The summed E-state index contributed by atoms with van der Waals surface area (Å²) < 4.78 is 5.41. The molecule has 0 aromatic heterocycles. The molecule has 0 fully saturated rings. The van der Waals surface area contributed by atoms with Gasteiger partial charge < -0.3 is 20.3 Å². The lowest BCUT2D eigenvalue weighted by Gasteiger charge is -2.20. The Morgan fingerprint density at radius 1 is 0.519 bits per heavy atom. The van der Waals surface area contributed by atoms with Crippen molar-refractivity contribution in [2.75, 3.05) is 13.2 Å². The number of unbranched alkanes of at least 4 members (excludes halogenated alkanes) is 28. The molecular formula is C46H87NO5. The Morgan fingerprint density at radius 2 is 0.904 bits per heavy atom. The molecule has 306 valence electrons. The summed E-state index contributed by atoms with van der Waals surface area (Å²) in [6, 6.07) is -0.646. The smallest absolute Gasteiger partial charge is 0.305 e. The van der Waals surface area contributed by atoms with Gasteiger partial charge in [-0.3, -0.25) is 9.59 Å². The van der Waals surface area contributed by atoms with Gasteiger partial charge in [0.05, 0.1) is 25.4 Å². The molecule has 0 rings (SSSR count). The number of allylic oxidation sites excluding steroid dienone is 3. The van der Waals surface area contributed by atoms with Gasteiger partial charge in [0, 0.05) is 12.8 Å². The lowest BCUT2D eigenvalue weighted by atomic mass is 10.0. The average Bonchev–Trinajstić information content (AvgIpc) is 3.14. The van der Waals surface area contributed by atoms with E-state index < -0.39 is 12.1 Å². The van der Waals surface area contributed by atoms with Gasteiger partial charge in [-0.15, -0.1) is 0 Å². The summed E-state index contributed by atoms with van der Waals surface area (Å²) >= 11 is 0. The third-order valence-electron chi connectivity index (χ3n) is 10.2. The quantitative estimate of drug-likeness (QED) is 0.0330. The number of carbonyl (C=O) groups is 2. The van der Waals surface area contributed by atoms with E-state index in [2.05, 4.69) is 31.3 Å². The van der Waals surface area contributed by atoms with Crippen LogP contribution < -0.4 is 5.32 Å². The highest BCUT2D eigenvalue weighted by atomic mass is 16.5.